The molecule has 0 amide bonds. The van der Waals surface area contributed by atoms with Crippen LogP contribution in [-0.2, 0) is 12.8 Å². The normalized spacial score (nSPS) is 13.4. The Morgan fingerprint density at radius 3 is 2.90 bits per heavy atom. The van der Waals surface area contributed by atoms with Crippen LogP contribution < -0.4 is 5.32 Å². The van der Waals surface area contributed by atoms with Crippen LogP contribution in [0.15, 0.2) is 28.7 Å². The fourth-order valence-corrected chi connectivity index (χ4v) is 3.05. The Morgan fingerprint density at radius 2 is 2.10 bits per heavy atom. The van der Waals surface area contributed by atoms with Crippen molar-refractivity contribution < 1.29 is 0 Å². The molecule has 4 heteroatoms. The van der Waals surface area contributed by atoms with Gasteiger partial charge in [0.15, 0.2) is 0 Å². The predicted molar refractivity (Wildman–Crippen MR) is 87.8 cm³/mol. The lowest BCUT2D eigenvalue weighted by Gasteiger charge is -2.18. The number of aromatic nitrogens is 1. The zero-order chi connectivity index (χ0) is 14.8. The van der Waals surface area contributed by atoms with Crippen molar-refractivity contribution in [2.45, 2.75) is 32.6 Å². The highest BCUT2D eigenvalue weighted by Gasteiger charge is 2.15. The van der Waals surface area contributed by atoms with Crippen molar-refractivity contribution >= 4 is 27.4 Å². The van der Waals surface area contributed by atoms with Crippen LogP contribution in [0.3, 0.4) is 0 Å². The van der Waals surface area contributed by atoms with Crippen LogP contribution in [-0.4, -0.2) is 4.98 Å². The van der Waals surface area contributed by atoms with Gasteiger partial charge in [-0.15, -0.1) is 0 Å². The van der Waals surface area contributed by atoms with Crippen LogP contribution in [0.5, 0.6) is 0 Å². The summed E-state index contributed by atoms with van der Waals surface area (Å²) in [7, 11) is 0. The summed E-state index contributed by atoms with van der Waals surface area (Å²) in [5.74, 6) is 0.666. The first-order chi connectivity index (χ1) is 10.2. The van der Waals surface area contributed by atoms with Crippen molar-refractivity contribution in [1.29, 1.82) is 5.26 Å². The van der Waals surface area contributed by atoms with Gasteiger partial charge in [-0.2, -0.15) is 5.26 Å². The molecule has 1 aliphatic rings. The van der Waals surface area contributed by atoms with Gasteiger partial charge < -0.3 is 5.32 Å². The van der Waals surface area contributed by atoms with E-state index in [4.69, 9.17) is 4.98 Å². The summed E-state index contributed by atoms with van der Waals surface area (Å²) >= 11 is 3.53. The third-order valence-electron chi connectivity index (χ3n) is 3.94. The number of nitriles is 1. The molecular weight excluding hydrogens is 326 g/mol. The summed E-state index contributed by atoms with van der Waals surface area (Å²) in [5.41, 5.74) is 5.07. The lowest BCUT2D eigenvalue weighted by Crippen LogP contribution is -2.09. The van der Waals surface area contributed by atoms with E-state index in [1.165, 1.54) is 18.4 Å². The van der Waals surface area contributed by atoms with Crippen LogP contribution in [0.2, 0.25) is 0 Å². The molecule has 0 saturated carbocycles. The molecule has 0 bridgehead atoms. The minimum Gasteiger partial charge on any atom is -0.339 e. The Balaban J connectivity index is 2.02. The van der Waals surface area contributed by atoms with Gasteiger partial charge in [-0.1, -0.05) is 22.0 Å². The van der Waals surface area contributed by atoms with E-state index in [0.717, 1.165) is 34.3 Å². The number of halogens is 1. The summed E-state index contributed by atoms with van der Waals surface area (Å²) in [6, 6.07) is 10.2. The molecule has 0 fully saturated rings. The van der Waals surface area contributed by atoms with Gasteiger partial charge in [0.05, 0.1) is 5.56 Å². The lowest BCUT2D eigenvalue weighted by atomic mass is 9.95. The maximum Gasteiger partial charge on any atom is 0.148 e. The fraction of sp³-hybridized carbons (Fsp3) is 0.294. The third kappa shape index (κ3) is 2.79. The van der Waals surface area contributed by atoms with Gasteiger partial charge in [0.2, 0.25) is 0 Å². The molecule has 3 rings (SSSR count). The third-order valence-corrected chi connectivity index (χ3v) is 4.80. The average molecular weight is 342 g/mol. The molecule has 2 aromatic rings. The minimum atomic E-state index is 0.620. The fourth-order valence-electron chi connectivity index (χ4n) is 2.68. The van der Waals surface area contributed by atoms with Gasteiger partial charge in [-0.05, 0) is 61.9 Å². The second-order valence-corrected chi connectivity index (χ2v) is 6.20. The van der Waals surface area contributed by atoms with Crippen LogP contribution in [0.25, 0.3) is 0 Å². The van der Waals surface area contributed by atoms with E-state index in [2.05, 4.69) is 27.3 Å². The standard InChI is InChI=1S/C17H16BrN3/c1-11-14(18)6-4-8-15(11)20-17-13(10-19)9-12-5-2-3-7-16(12)21-17/h4,6,8-9H,2-3,5,7H2,1H3,(H,20,21). The number of pyridine rings is 1. The van der Waals surface area contributed by atoms with Crippen LogP contribution in [0.4, 0.5) is 11.5 Å². The van der Waals surface area contributed by atoms with Gasteiger partial charge in [0.1, 0.15) is 11.9 Å². The number of fused-ring (bicyclic) bond motifs is 1. The maximum atomic E-state index is 9.38. The Kier molecular flexibility index (Phi) is 3.94. The molecule has 0 atom stereocenters. The lowest BCUT2D eigenvalue weighted by molar-refractivity contribution is 0.668. The predicted octanol–water partition coefficient (Wildman–Crippen LogP) is 4.65. The molecule has 3 nitrogen and oxygen atoms in total. The first kappa shape index (κ1) is 14.1. The van der Waals surface area contributed by atoms with Gasteiger partial charge >= 0.3 is 0 Å². The Bertz CT molecular complexity index is 732. The van der Waals surface area contributed by atoms with E-state index >= 15 is 0 Å². The van der Waals surface area contributed by atoms with Crippen molar-refractivity contribution in [3.63, 3.8) is 0 Å². The number of rotatable bonds is 2. The molecule has 1 aromatic carbocycles. The Labute approximate surface area is 133 Å². The van der Waals surface area contributed by atoms with E-state index in [-0.39, 0.29) is 0 Å². The summed E-state index contributed by atoms with van der Waals surface area (Å²) in [4.78, 5) is 4.70. The second-order valence-electron chi connectivity index (χ2n) is 5.35. The molecule has 21 heavy (non-hydrogen) atoms. The van der Waals surface area contributed by atoms with E-state index in [0.29, 0.717) is 11.4 Å². The van der Waals surface area contributed by atoms with Crippen molar-refractivity contribution in [3.05, 3.63) is 51.1 Å². The van der Waals surface area contributed by atoms with E-state index in [1.807, 2.05) is 31.2 Å². The van der Waals surface area contributed by atoms with Crippen LogP contribution in [0, 0.1) is 18.3 Å². The van der Waals surface area contributed by atoms with Gasteiger partial charge in [-0.3, -0.25) is 0 Å². The highest BCUT2D eigenvalue weighted by molar-refractivity contribution is 9.10. The minimum absolute atomic E-state index is 0.620. The van der Waals surface area contributed by atoms with E-state index in [9.17, 15) is 5.26 Å². The second kappa shape index (κ2) is 5.87. The number of anilines is 2. The summed E-state index contributed by atoms with van der Waals surface area (Å²) in [6.45, 7) is 2.04. The summed E-state index contributed by atoms with van der Waals surface area (Å²) in [5, 5.41) is 12.7. The largest absolute Gasteiger partial charge is 0.339 e. The first-order valence-electron chi connectivity index (χ1n) is 7.14. The van der Waals surface area contributed by atoms with Crippen molar-refractivity contribution in [3.8, 4) is 6.07 Å². The number of nitrogens with zero attached hydrogens (tertiary/aromatic N) is 2. The van der Waals surface area contributed by atoms with Crippen molar-refractivity contribution in [2.24, 2.45) is 0 Å². The highest BCUT2D eigenvalue weighted by Crippen LogP contribution is 2.29. The molecule has 0 radical (unpaired) electrons. The quantitative estimate of drug-likeness (QED) is 0.864. The monoisotopic (exact) mass is 341 g/mol. The van der Waals surface area contributed by atoms with Crippen molar-refractivity contribution in [1.82, 2.24) is 4.98 Å². The molecule has 1 aromatic heterocycles. The van der Waals surface area contributed by atoms with Crippen LogP contribution in [0.1, 0.15) is 35.2 Å². The highest BCUT2D eigenvalue weighted by atomic mass is 79.9. The SMILES string of the molecule is Cc1c(Br)cccc1Nc1nc2c(cc1C#N)CCCC2. The summed E-state index contributed by atoms with van der Waals surface area (Å²) < 4.78 is 1.05. The van der Waals surface area contributed by atoms with Gasteiger partial charge in [0, 0.05) is 15.9 Å². The topological polar surface area (TPSA) is 48.7 Å². The molecule has 1 N–H and O–H groups in total. The zero-order valence-electron chi connectivity index (χ0n) is 11.9. The summed E-state index contributed by atoms with van der Waals surface area (Å²) in [6.07, 6.45) is 4.42. The first-order valence-corrected chi connectivity index (χ1v) is 7.93. The van der Waals surface area contributed by atoms with E-state index < -0.39 is 0 Å². The van der Waals surface area contributed by atoms with E-state index in [1.54, 1.807) is 0 Å². The molecule has 0 saturated heterocycles. The van der Waals surface area contributed by atoms with Crippen molar-refractivity contribution in [2.75, 3.05) is 5.32 Å². The maximum absolute atomic E-state index is 9.38. The molecule has 106 valence electrons. The molecular formula is C17H16BrN3. The molecule has 1 aliphatic carbocycles. The van der Waals surface area contributed by atoms with Gasteiger partial charge in [0.25, 0.3) is 0 Å². The number of benzene rings is 1. The molecule has 0 spiro atoms. The molecule has 0 aliphatic heterocycles. The zero-order valence-corrected chi connectivity index (χ0v) is 13.5. The molecule has 0 unspecified atom stereocenters. The smallest absolute Gasteiger partial charge is 0.148 e. The Hall–Kier alpha value is -1.86. The number of hydrogen-bond donors (Lipinski definition) is 1. The number of hydrogen-bond acceptors (Lipinski definition) is 3. The van der Waals surface area contributed by atoms with Crippen LogP contribution >= 0.6 is 15.9 Å². The molecule has 1 heterocycles. The number of nitrogens with one attached hydrogen (secondary N) is 1. The number of aryl methyl sites for hydroxylation is 2. The Morgan fingerprint density at radius 1 is 1.29 bits per heavy atom. The van der Waals surface area contributed by atoms with Gasteiger partial charge in [-0.25, -0.2) is 4.98 Å². The average Bonchev–Trinajstić information content (AvgIpc) is 2.51.